The number of hydrogen-bond acceptors (Lipinski definition) is 3. The van der Waals surface area contributed by atoms with Gasteiger partial charge in [-0.05, 0) is 30.9 Å². The summed E-state index contributed by atoms with van der Waals surface area (Å²) in [5.41, 5.74) is 1.46. The Bertz CT molecular complexity index is 771. The zero-order chi connectivity index (χ0) is 17.2. The molecule has 0 unspecified atom stereocenters. The molecule has 2 amide bonds. The number of amides is 2. The van der Waals surface area contributed by atoms with E-state index in [4.69, 9.17) is 0 Å². The van der Waals surface area contributed by atoms with Crippen molar-refractivity contribution in [3.8, 4) is 0 Å². The lowest BCUT2D eigenvalue weighted by Gasteiger charge is -2.35. The molecule has 0 N–H and O–H groups in total. The van der Waals surface area contributed by atoms with Crippen LogP contribution in [0.15, 0.2) is 30.6 Å². The van der Waals surface area contributed by atoms with Crippen molar-refractivity contribution in [1.82, 2.24) is 19.4 Å². The Balaban J connectivity index is 1.36. The summed E-state index contributed by atoms with van der Waals surface area (Å²) in [7, 11) is 0. The first kappa shape index (κ1) is 16.1. The third-order valence-corrected chi connectivity index (χ3v) is 5.51. The van der Waals surface area contributed by atoms with Gasteiger partial charge in [-0.1, -0.05) is 18.9 Å². The Morgan fingerprint density at radius 1 is 1.04 bits per heavy atom. The summed E-state index contributed by atoms with van der Waals surface area (Å²) in [5, 5.41) is 4.24. The van der Waals surface area contributed by atoms with Crippen LogP contribution in [0.2, 0.25) is 0 Å². The van der Waals surface area contributed by atoms with E-state index in [1.165, 1.54) is 25.7 Å². The topological polar surface area (TPSA) is 57.9 Å². The fourth-order valence-electron chi connectivity index (χ4n) is 4.02. The fourth-order valence-corrected chi connectivity index (χ4v) is 4.02. The van der Waals surface area contributed by atoms with Crippen LogP contribution >= 0.6 is 0 Å². The fraction of sp³-hybridized carbons (Fsp3) is 0.526. The maximum atomic E-state index is 12.8. The number of rotatable bonds is 3. The van der Waals surface area contributed by atoms with Gasteiger partial charge in [-0.3, -0.25) is 9.59 Å². The predicted molar refractivity (Wildman–Crippen MR) is 94.3 cm³/mol. The molecule has 0 bridgehead atoms. The smallest absolute Gasteiger partial charge is 0.257 e. The second kappa shape index (κ2) is 6.86. The van der Waals surface area contributed by atoms with Crippen molar-refractivity contribution in [2.75, 3.05) is 26.2 Å². The van der Waals surface area contributed by atoms with E-state index >= 15 is 0 Å². The van der Waals surface area contributed by atoms with Gasteiger partial charge in [0.05, 0.1) is 17.3 Å². The number of carbonyl (C=O) groups is 2. The van der Waals surface area contributed by atoms with E-state index in [0.29, 0.717) is 44.1 Å². The third-order valence-electron chi connectivity index (χ3n) is 5.51. The van der Waals surface area contributed by atoms with Crippen molar-refractivity contribution < 1.29 is 9.59 Å². The standard InChI is InChI=1S/C19H24N4O2/c24-18(13-15-5-1-2-6-15)21-9-11-22(12-10-21)19(25)16-14-20-23-8-4-3-7-17(16)23/h3-4,7-8,14-15H,1-2,5-6,9-13H2. The molecular weight excluding hydrogens is 316 g/mol. The van der Waals surface area contributed by atoms with E-state index in [1.54, 1.807) is 10.7 Å². The highest BCUT2D eigenvalue weighted by atomic mass is 16.2. The van der Waals surface area contributed by atoms with E-state index in [0.717, 1.165) is 5.52 Å². The van der Waals surface area contributed by atoms with E-state index in [1.807, 2.05) is 34.2 Å². The number of aromatic nitrogens is 2. The molecule has 25 heavy (non-hydrogen) atoms. The first-order valence-electron chi connectivity index (χ1n) is 9.22. The largest absolute Gasteiger partial charge is 0.339 e. The lowest BCUT2D eigenvalue weighted by atomic mass is 10.0. The van der Waals surface area contributed by atoms with Gasteiger partial charge in [-0.15, -0.1) is 0 Å². The summed E-state index contributed by atoms with van der Waals surface area (Å²) >= 11 is 0. The minimum Gasteiger partial charge on any atom is -0.339 e. The Morgan fingerprint density at radius 3 is 2.52 bits per heavy atom. The van der Waals surface area contributed by atoms with Crippen molar-refractivity contribution >= 4 is 17.3 Å². The molecule has 2 aromatic heterocycles. The molecule has 2 aromatic rings. The molecule has 132 valence electrons. The van der Waals surface area contributed by atoms with Gasteiger partial charge in [0.25, 0.3) is 5.91 Å². The van der Waals surface area contributed by atoms with Crippen LogP contribution < -0.4 is 0 Å². The predicted octanol–water partition coefficient (Wildman–Crippen LogP) is 2.20. The van der Waals surface area contributed by atoms with E-state index in [-0.39, 0.29) is 11.8 Å². The number of pyridine rings is 1. The molecule has 6 nitrogen and oxygen atoms in total. The Morgan fingerprint density at radius 2 is 1.76 bits per heavy atom. The van der Waals surface area contributed by atoms with Crippen LogP contribution in [0.4, 0.5) is 0 Å². The zero-order valence-electron chi connectivity index (χ0n) is 14.4. The highest BCUT2D eigenvalue weighted by Crippen LogP contribution is 2.28. The number of fused-ring (bicyclic) bond motifs is 1. The number of carbonyl (C=O) groups excluding carboxylic acids is 2. The molecule has 1 aliphatic carbocycles. The van der Waals surface area contributed by atoms with E-state index in [2.05, 4.69) is 5.10 Å². The summed E-state index contributed by atoms with van der Waals surface area (Å²) in [4.78, 5) is 29.0. The summed E-state index contributed by atoms with van der Waals surface area (Å²) in [6.45, 7) is 2.46. The molecule has 0 atom stereocenters. The summed E-state index contributed by atoms with van der Waals surface area (Å²) in [5.74, 6) is 0.838. The van der Waals surface area contributed by atoms with Gasteiger partial charge in [-0.25, -0.2) is 4.52 Å². The van der Waals surface area contributed by atoms with Gasteiger partial charge in [0.1, 0.15) is 0 Å². The Kier molecular flexibility index (Phi) is 4.42. The van der Waals surface area contributed by atoms with Crippen LogP contribution in [0.1, 0.15) is 42.5 Å². The molecule has 2 aliphatic rings. The van der Waals surface area contributed by atoms with Crippen molar-refractivity contribution in [3.63, 3.8) is 0 Å². The summed E-state index contributed by atoms with van der Waals surface area (Å²) in [6.07, 6.45) is 9.07. The first-order chi connectivity index (χ1) is 12.2. The SMILES string of the molecule is O=C(CC1CCCC1)N1CCN(C(=O)c2cnn3ccccc23)CC1. The monoisotopic (exact) mass is 340 g/mol. The first-order valence-corrected chi connectivity index (χ1v) is 9.22. The minimum absolute atomic E-state index is 0.00379. The molecule has 3 heterocycles. The van der Waals surface area contributed by atoms with Gasteiger partial charge >= 0.3 is 0 Å². The molecule has 0 spiro atoms. The zero-order valence-corrected chi connectivity index (χ0v) is 14.4. The average molecular weight is 340 g/mol. The van der Waals surface area contributed by atoms with E-state index in [9.17, 15) is 9.59 Å². The van der Waals surface area contributed by atoms with E-state index < -0.39 is 0 Å². The lowest BCUT2D eigenvalue weighted by Crippen LogP contribution is -2.50. The van der Waals surface area contributed by atoms with Gasteiger partial charge in [0.15, 0.2) is 0 Å². The van der Waals surface area contributed by atoms with Crippen LogP contribution in [0.5, 0.6) is 0 Å². The third kappa shape index (κ3) is 3.25. The Labute approximate surface area is 147 Å². The minimum atomic E-state index is 0.00379. The van der Waals surface area contributed by atoms with Crippen molar-refractivity contribution in [2.24, 2.45) is 5.92 Å². The number of hydrogen-bond donors (Lipinski definition) is 0. The quantitative estimate of drug-likeness (QED) is 0.861. The van der Waals surface area contributed by atoms with Gasteiger partial charge in [0, 0.05) is 38.8 Å². The molecule has 4 rings (SSSR count). The molecule has 6 heteroatoms. The Hall–Kier alpha value is -2.37. The van der Waals surface area contributed by atoms with Crippen LogP contribution in [0.25, 0.3) is 5.52 Å². The normalized spacial score (nSPS) is 18.9. The van der Waals surface area contributed by atoms with Crippen molar-refractivity contribution in [2.45, 2.75) is 32.1 Å². The van der Waals surface area contributed by atoms with Crippen molar-refractivity contribution in [1.29, 1.82) is 0 Å². The lowest BCUT2D eigenvalue weighted by molar-refractivity contribution is -0.133. The van der Waals surface area contributed by atoms with Gasteiger partial charge in [-0.2, -0.15) is 5.10 Å². The van der Waals surface area contributed by atoms with Crippen LogP contribution in [0.3, 0.4) is 0 Å². The summed E-state index contributed by atoms with van der Waals surface area (Å²) < 4.78 is 1.72. The number of nitrogens with zero attached hydrogens (tertiary/aromatic N) is 4. The van der Waals surface area contributed by atoms with Crippen molar-refractivity contribution in [3.05, 3.63) is 36.2 Å². The molecule has 0 radical (unpaired) electrons. The highest BCUT2D eigenvalue weighted by molar-refractivity contribution is 6.00. The maximum Gasteiger partial charge on any atom is 0.257 e. The second-order valence-electron chi connectivity index (χ2n) is 7.12. The second-order valence-corrected chi connectivity index (χ2v) is 7.12. The van der Waals surface area contributed by atoms with Gasteiger partial charge in [0.2, 0.25) is 5.91 Å². The van der Waals surface area contributed by atoms with Crippen LogP contribution in [-0.4, -0.2) is 57.4 Å². The highest BCUT2D eigenvalue weighted by Gasteiger charge is 2.28. The average Bonchev–Trinajstić information content (AvgIpc) is 3.31. The number of piperazine rings is 1. The van der Waals surface area contributed by atoms with Crippen LogP contribution in [0, 0.1) is 5.92 Å². The maximum absolute atomic E-state index is 12.8. The van der Waals surface area contributed by atoms with Crippen LogP contribution in [-0.2, 0) is 4.79 Å². The van der Waals surface area contributed by atoms with Gasteiger partial charge < -0.3 is 9.80 Å². The molecule has 2 fully saturated rings. The molecule has 1 saturated heterocycles. The molecule has 1 aliphatic heterocycles. The molecule has 1 saturated carbocycles. The molecule has 0 aromatic carbocycles. The molecular formula is C19H24N4O2. The summed E-state index contributed by atoms with van der Waals surface area (Å²) in [6, 6.07) is 5.71.